The standard InChI is InChI=1S/C29H30N2O2/c1-19-17-25(32-23-9-5-21(30)6-10-23)13-15-27(19)29(3,4)28-16-14-26(18-20(28)2)33-24-11-7-22(31)8-12-24/h5-18H,30-31H2,1-4H3. The minimum Gasteiger partial charge on any atom is -0.457 e. The van der Waals surface area contributed by atoms with Crippen LogP contribution in [0, 0.1) is 13.8 Å². The molecule has 0 atom stereocenters. The molecule has 168 valence electrons. The Bertz CT molecular complexity index is 1160. The molecule has 0 heterocycles. The largest absolute Gasteiger partial charge is 0.457 e. The second-order valence-electron chi connectivity index (χ2n) is 8.92. The number of ether oxygens (including phenoxy) is 2. The van der Waals surface area contributed by atoms with E-state index in [2.05, 4.69) is 52.0 Å². The molecular weight excluding hydrogens is 408 g/mol. The Hall–Kier alpha value is -3.92. The van der Waals surface area contributed by atoms with Crippen LogP contribution in [0.4, 0.5) is 11.4 Å². The number of rotatable bonds is 6. The van der Waals surface area contributed by atoms with E-state index in [0.29, 0.717) is 0 Å². The zero-order chi connectivity index (χ0) is 23.6. The van der Waals surface area contributed by atoms with Crippen LogP contribution >= 0.6 is 0 Å². The van der Waals surface area contributed by atoms with Crippen molar-refractivity contribution in [2.24, 2.45) is 0 Å². The van der Waals surface area contributed by atoms with Crippen molar-refractivity contribution in [3.63, 3.8) is 0 Å². The van der Waals surface area contributed by atoms with Gasteiger partial charge in [0, 0.05) is 16.8 Å². The summed E-state index contributed by atoms with van der Waals surface area (Å²) in [5.41, 5.74) is 17.6. The summed E-state index contributed by atoms with van der Waals surface area (Å²) < 4.78 is 12.0. The van der Waals surface area contributed by atoms with Crippen molar-refractivity contribution in [1.29, 1.82) is 0 Å². The van der Waals surface area contributed by atoms with Crippen LogP contribution in [0.1, 0.15) is 36.1 Å². The molecule has 4 rings (SSSR count). The molecule has 0 bridgehead atoms. The molecule has 0 spiro atoms. The molecule has 0 saturated carbocycles. The van der Waals surface area contributed by atoms with Gasteiger partial charge in [-0.3, -0.25) is 0 Å². The van der Waals surface area contributed by atoms with E-state index in [1.54, 1.807) is 0 Å². The first-order chi connectivity index (χ1) is 15.7. The summed E-state index contributed by atoms with van der Waals surface area (Å²) in [6.45, 7) is 8.75. The van der Waals surface area contributed by atoms with Crippen molar-refractivity contribution in [3.05, 3.63) is 107 Å². The molecule has 4 N–H and O–H groups in total. The minimum atomic E-state index is -0.187. The van der Waals surface area contributed by atoms with Crippen molar-refractivity contribution < 1.29 is 9.47 Å². The van der Waals surface area contributed by atoms with Gasteiger partial charge in [-0.15, -0.1) is 0 Å². The van der Waals surface area contributed by atoms with Gasteiger partial charge in [0.1, 0.15) is 23.0 Å². The maximum Gasteiger partial charge on any atom is 0.127 e. The van der Waals surface area contributed by atoms with E-state index in [4.69, 9.17) is 20.9 Å². The molecule has 4 heteroatoms. The first kappa shape index (κ1) is 22.3. The van der Waals surface area contributed by atoms with E-state index in [1.807, 2.05) is 60.7 Å². The van der Waals surface area contributed by atoms with Crippen LogP contribution in [0.3, 0.4) is 0 Å². The van der Waals surface area contributed by atoms with E-state index in [1.165, 1.54) is 22.3 Å². The number of anilines is 2. The normalized spacial score (nSPS) is 11.3. The highest BCUT2D eigenvalue weighted by molar-refractivity contribution is 5.51. The summed E-state index contributed by atoms with van der Waals surface area (Å²) in [7, 11) is 0. The molecule has 0 amide bonds. The summed E-state index contributed by atoms with van der Waals surface area (Å²) >= 11 is 0. The quantitative estimate of drug-likeness (QED) is 0.308. The maximum absolute atomic E-state index is 6.01. The third-order valence-corrected chi connectivity index (χ3v) is 5.97. The van der Waals surface area contributed by atoms with E-state index in [0.717, 1.165) is 34.4 Å². The fourth-order valence-corrected chi connectivity index (χ4v) is 4.29. The van der Waals surface area contributed by atoms with Gasteiger partial charge in [-0.1, -0.05) is 26.0 Å². The highest BCUT2D eigenvalue weighted by atomic mass is 16.5. The second-order valence-corrected chi connectivity index (χ2v) is 8.92. The van der Waals surface area contributed by atoms with Gasteiger partial charge in [0.05, 0.1) is 0 Å². The third-order valence-electron chi connectivity index (χ3n) is 5.97. The lowest BCUT2D eigenvalue weighted by molar-refractivity contribution is 0.480. The molecule has 0 unspecified atom stereocenters. The van der Waals surface area contributed by atoms with Gasteiger partial charge < -0.3 is 20.9 Å². The molecule has 0 aliphatic heterocycles. The number of hydrogen-bond donors (Lipinski definition) is 2. The molecule has 4 nitrogen and oxygen atoms in total. The smallest absolute Gasteiger partial charge is 0.127 e. The summed E-state index contributed by atoms with van der Waals surface area (Å²) in [6, 6.07) is 27.4. The van der Waals surface area contributed by atoms with Crippen LogP contribution in [0.15, 0.2) is 84.9 Å². The van der Waals surface area contributed by atoms with Crippen molar-refractivity contribution in [2.45, 2.75) is 33.1 Å². The second kappa shape index (κ2) is 8.91. The molecule has 0 aromatic heterocycles. The molecule has 0 aliphatic carbocycles. The monoisotopic (exact) mass is 438 g/mol. The Balaban J connectivity index is 1.56. The van der Waals surface area contributed by atoms with Crippen molar-refractivity contribution in [2.75, 3.05) is 11.5 Å². The van der Waals surface area contributed by atoms with E-state index in [9.17, 15) is 0 Å². The van der Waals surface area contributed by atoms with Crippen molar-refractivity contribution >= 4 is 11.4 Å². The Kier molecular flexibility index (Phi) is 6.01. The van der Waals surface area contributed by atoms with Gasteiger partial charge in [0.2, 0.25) is 0 Å². The lowest BCUT2D eigenvalue weighted by Crippen LogP contribution is -2.21. The van der Waals surface area contributed by atoms with Gasteiger partial charge in [-0.2, -0.15) is 0 Å². The summed E-state index contributed by atoms with van der Waals surface area (Å²) in [5.74, 6) is 3.15. The average Bonchev–Trinajstić information content (AvgIpc) is 2.77. The zero-order valence-corrected chi connectivity index (χ0v) is 19.6. The van der Waals surface area contributed by atoms with Crippen LogP contribution in [-0.2, 0) is 5.41 Å². The summed E-state index contributed by atoms with van der Waals surface area (Å²) in [6.07, 6.45) is 0. The fraction of sp³-hybridized carbons (Fsp3) is 0.172. The third kappa shape index (κ3) is 4.96. The fourth-order valence-electron chi connectivity index (χ4n) is 4.29. The molecule has 0 saturated heterocycles. The Labute approximate surface area is 195 Å². The SMILES string of the molecule is Cc1cc(Oc2ccc(N)cc2)ccc1C(C)(C)c1ccc(Oc2ccc(N)cc2)cc1C. The Morgan fingerprint density at radius 2 is 0.848 bits per heavy atom. The summed E-state index contributed by atoms with van der Waals surface area (Å²) in [4.78, 5) is 0. The number of nitrogens with two attached hydrogens (primary N) is 2. The maximum atomic E-state index is 6.01. The lowest BCUT2D eigenvalue weighted by atomic mass is 9.74. The average molecular weight is 439 g/mol. The molecule has 33 heavy (non-hydrogen) atoms. The van der Waals surface area contributed by atoms with Gasteiger partial charge in [0.25, 0.3) is 0 Å². The highest BCUT2D eigenvalue weighted by Crippen LogP contribution is 2.38. The van der Waals surface area contributed by atoms with E-state index >= 15 is 0 Å². The van der Waals surface area contributed by atoms with Crippen LogP contribution in [0.5, 0.6) is 23.0 Å². The number of aryl methyl sites for hydroxylation is 2. The summed E-state index contributed by atoms with van der Waals surface area (Å²) in [5, 5.41) is 0. The molecule has 0 aliphatic rings. The van der Waals surface area contributed by atoms with E-state index in [-0.39, 0.29) is 5.41 Å². The Morgan fingerprint density at radius 3 is 1.18 bits per heavy atom. The van der Waals surface area contributed by atoms with Crippen LogP contribution < -0.4 is 20.9 Å². The predicted molar refractivity (Wildman–Crippen MR) is 136 cm³/mol. The van der Waals surface area contributed by atoms with Gasteiger partial charge >= 0.3 is 0 Å². The van der Waals surface area contributed by atoms with Crippen LogP contribution in [0.25, 0.3) is 0 Å². The molecular formula is C29H30N2O2. The molecule has 4 aromatic rings. The molecule has 0 fully saturated rings. The number of hydrogen-bond acceptors (Lipinski definition) is 4. The highest BCUT2D eigenvalue weighted by Gasteiger charge is 2.27. The van der Waals surface area contributed by atoms with Crippen molar-refractivity contribution in [1.82, 2.24) is 0 Å². The number of benzene rings is 4. The Morgan fingerprint density at radius 1 is 0.515 bits per heavy atom. The first-order valence-electron chi connectivity index (χ1n) is 11.0. The van der Waals surface area contributed by atoms with Gasteiger partial charge in [-0.05, 0) is 109 Å². The lowest BCUT2D eigenvalue weighted by Gasteiger charge is -2.30. The minimum absolute atomic E-state index is 0.187. The van der Waals surface area contributed by atoms with Gasteiger partial charge in [-0.25, -0.2) is 0 Å². The van der Waals surface area contributed by atoms with Gasteiger partial charge in [0.15, 0.2) is 0 Å². The van der Waals surface area contributed by atoms with Crippen LogP contribution in [-0.4, -0.2) is 0 Å². The topological polar surface area (TPSA) is 70.5 Å². The zero-order valence-electron chi connectivity index (χ0n) is 19.6. The molecule has 0 radical (unpaired) electrons. The van der Waals surface area contributed by atoms with E-state index < -0.39 is 0 Å². The predicted octanol–water partition coefficient (Wildman–Crippen LogP) is 7.38. The van der Waals surface area contributed by atoms with Crippen molar-refractivity contribution in [3.8, 4) is 23.0 Å². The molecule has 4 aromatic carbocycles. The van der Waals surface area contributed by atoms with Crippen LogP contribution in [0.2, 0.25) is 0 Å². The first-order valence-corrected chi connectivity index (χ1v) is 11.0. The number of nitrogen functional groups attached to an aromatic ring is 2.